The van der Waals surface area contributed by atoms with Gasteiger partial charge in [0.05, 0.1) is 17.5 Å². The molecule has 0 radical (unpaired) electrons. The molecule has 1 saturated carbocycles. The first-order chi connectivity index (χ1) is 9.72. The third-order valence-corrected chi connectivity index (χ3v) is 4.05. The molecule has 0 saturated heterocycles. The highest BCUT2D eigenvalue weighted by molar-refractivity contribution is 5.72. The van der Waals surface area contributed by atoms with E-state index in [0.29, 0.717) is 30.6 Å². The molecule has 2 aliphatic rings. The maximum atomic E-state index is 9.70. The zero-order chi connectivity index (χ0) is 13.9. The second-order valence-corrected chi connectivity index (χ2v) is 5.65. The fraction of sp³-hybridized carbons (Fsp3) is 0.600. The van der Waals surface area contributed by atoms with E-state index in [-0.39, 0.29) is 6.10 Å². The lowest BCUT2D eigenvalue weighted by molar-refractivity contribution is 0.105. The molecule has 5 nitrogen and oxygen atoms in total. The van der Waals surface area contributed by atoms with E-state index in [9.17, 15) is 5.11 Å². The quantitative estimate of drug-likeness (QED) is 0.737. The summed E-state index contributed by atoms with van der Waals surface area (Å²) in [6, 6.07) is 3.72. The van der Waals surface area contributed by atoms with Crippen LogP contribution in [0.5, 0.6) is 11.5 Å². The van der Waals surface area contributed by atoms with Gasteiger partial charge in [0.25, 0.3) is 0 Å². The van der Waals surface area contributed by atoms with Crippen molar-refractivity contribution in [1.29, 1.82) is 0 Å². The number of hydrogen-bond acceptors (Lipinski definition) is 5. The minimum absolute atomic E-state index is 0.145. The predicted molar refractivity (Wildman–Crippen MR) is 78.3 cm³/mol. The van der Waals surface area contributed by atoms with Crippen LogP contribution >= 0.6 is 0 Å². The first-order valence-electron chi connectivity index (χ1n) is 7.33. The molecule has 4 N–H and O–H groups in total. The Hall–Kier alpha value is -1.62. The van der Waals surface area contributed by atoms with Gasteiger partial charge in [-0.25, -0.2) is 0 Å². The van der Waals surface area contributed by atoms with E-state index in [1.807, 2.05) is 12.1 Å². The molecule has 0 bridgehead atoms. The van der Waals surface area contributed by atoms with Gasteiger partial charge in [0, 0.05) is 18.7 Å². The van der Waals surface area contributed by atoms with Crippen LogP contribution in [0.1, 0.15) is 25.7 Å². The molecule has 1 aromatic carbocycles. The second kappa shape index (κ2) is 5.79. The molecule has 3 rings (SSSR count). The van der Waals surface area contributed by atoms with Gasteiger partial charge in [0.2, 0.25) is 0 Å². The molecule has 0 amide bonds. The number of benzene rings is 1. The van der Waals surface area contributed by atoms with Crippen molar-refractivity contribution in [2.75, 3.05) is 30.8 Å². The van der Waals surface area contributed by atoms with E-state index in [2.05, 4.69) is 5.32 Å². The molecular weight excluding hydrogens is 256 g/mol. The highest BCUT2D eigenvalue weighted by Gasteiger charge is 2.20. The zero-order valence-electron chi connectivity index (χ0n) is 11.6. The van der Waals surface area contributed by atoms with Crippen molar-refractivity contribution >= 4 is 11.4 Å². The zero-order valence-corrected chi connectivity index (χ0v) is 11.6. The lowest BCUT2D eigenvalue weighted by atomic mass is 9.87. The van der Waals surface area contributed by atoms with Crippen LogP contribution in [0.2, 0.25) is 0 Å². The van der Waals surface area contributed by atoms with Crippen molar-refractivity contribution in [3.63, 3.8) is 0 Å². The van der Waals surface area contributed by atoms with Crippen LogP contribution in [0.3, 0.4) is 0 Å². The minimum atomic E-state index is -0.145. The van der Waals surface area contributed by atoms with E-state index in [0.717, 1.165) is 43.7 Å². The van der Waals surface area contributed by atoms with Crippen LogP contribution in [0, 0.1) is 5.92 Å². The number of aliphatic hydroxyl groups is 1. The summed E-state index contributed by atoms with van der Waals surface area (Å²) in [5.74, 6) is 1.97. The summed E-state index contributed by atoms with van der Waals surface area (Å²) in [7, 11) is 0. The van der Waals surface area contributed by atoms with Gasteiger partial charge in [-0.05, 0) is 25.2 Å². The topological polar surface area (TPSA) is 76.7 Å². The third kappa shape index (κ3) is 2.93. The van der Waals surface area contributed by atoms with Crippen molar-refractivity contribution in [2.24, 2.45) is 5.92 Å². The van der Waals surface area contributed by atoms with Crippen LogP contribution in [0.4, 0.5) is 11.4 Å². The first kappa shape index (κ1) is 13.4. The lowest BCUT2D eigenvalue weighted by Gasteiger charge is -2.27. The summed E-state index contributed by atoms with van der Waals surface area (Å²) in [6.45, 7) is 1.98. The molecule has 5 heteroatoms. The number of rotatable bonds is 3. The van der Waals surface area contributed by atoms with Crippen molar-refractivity contribution in [3.05, 3.63) is 12.1 Å². The van der Waals surface area contributed by atoms with Gasteiger partial charge in [0.1, 0.15) is 13.2 Å². The molecule has 2 unspecified atom stereocenters. The number of nitrogens with one attached hydrogen (secondary N) is 1. The Labute approximate surface area is 119 Å². The van der Waals surface area contributed by atoms with E-state index in [4.69, 9.17) is 15.2 Å². The monoisotopic (exact) mass is 278 g/mol. The summed E-state index contributed by atoms with van der Waals surface area (Å²) in [4.78, 5) is 0. The molecule has 1 aliphatic carbocycles. The molecule has 1 heterocycles. The van der Waals surface area contributed by atoms with E-state index >= 15 is 0 Å². The van der Waals surface area contributed by atoms with Gasteiger partial charge >= 0.3 is 0 Å². The summed E-state index contributed by atoms with van der Waals surface area (Å²) in [5.41, 5.74) is 7.60. The maximum Gasteiger partial charge on any atom is 0.163 e. The third-order valence-electron chi connectivity index (χ3n) is 4.05. The number of nitrogen functional groups attached to an aromatic ring is 1. The van der Waals surface area contributed by atoms with Gasteiger partial charge in [-0.2, -0.15) is 0 Å². The van der Waals surface area contributed by atoms with Crippen molar-refractivity contribution in [2.45, 2.75) is 31.8 Å². The Kier molecular flexibility index (Phi) is 3.87. The van der Waals surface area contributed by atoms with Crippen LogP contribution in [0.15, 0.2) is 12.1 Å². The smallest absolute Gasteiger partial charge is 0.163 e. The number of hydrogen-bond donors (Lipinski definition) is 3. The molecular formula is C15H22N2O3. The largest absolute Gasteiger partial charge is 0.486 e. The van der Waals surface area contributed by atoms with Crippen LogP contribution in [-0.4, -0.2) is 31.0 Å². The molecule has 1 fully saturated rings. The fourth-order valence-corrected chi connectivity index (χ4v) is 2.96. The number of aliphatic hydroxyl groups excluding tert-OH is 1. The first-order valence-corrected chi connectivity index (χ1v) is 7.33. The lowest BCUT2D eigenvalue weighted by Crippen LogP contribution is -2.25. The fourth-order valence-electron chi connectivity index (χ4n) is 2.96. The van der Waals surface area contributed by atoms with E-state index in [1.54, 1.807) is 0 Å². The normalized spacial score (nSPS) is 25.2. The predicted octanol–water partition coefficient (Wildman–Crippen LogP) is 2.00. The molecule has 0 aromatic heterocycles. The number of nitrogens with two attached hydrogens (primary N) is 1. The molecule has 1 aromatic rings. The molecule has 0 spiro atoms. The van der Waals surface area contributed by atoms with Crippen molar-refractivity contribution < 1.29 is 14.6 Å². The highest BCUT2D eigenvalue weighted by atomic mass is 16.6. The number of fused-ring (bicyclic) bond motifs is 1. The molecule has 2 atom stereocenters. The van der Waals surface area contributed by atoms with Gasteiger partial charge in [0.15, 0.2) is 11.5 Å². The van der Waals surface area contributed by atoms with Crippen LogP contribution in [-0.2, 0) is 0 Å². The number of ether oxygens (including phenoxy) is 2. The molecule has 1 aliphatic heterocycles. The molecule has 110 valence electrons. The average molecular weight is 278 g/mol. The maximum absolute atomic E-state index is 9.70. The Morgan fingerprint density at radius 3 is 2.70 bits per heavy atom. The second-order valence-electron chi connectivity index (χ2n) is 5.65. The van der Waals surface area contributed by atoms with Crippen molar-refractivity contribution in [3.8, 4) is 11.5 Å². The standard InChI is InChI=1S/C15H22N2O3/c16-12-7-14-15(20-5-4-19-14)8-13(12)17-9-10-2-1-3-11(18)6-10/h7-8,10-11,17-18H,1-6,9,16H2. The summed E-state index contributed by atoms with van der Waals surface area (Å²) in [6.07, 6.45) is 3.92. The Balaban J connectivity index is 1.65. The highest BCUT2D eigenvalue weighted by Crippen LogP contribution is 2.37. The van der Waals surface area contributed by atoms with Crippen molar-refractivity contribution in [1.82, 2.24) is 0 Å². The SMILES string of the molecule is Nc1cc2c(cc1NCC1CCCC(O)C1)OCCO2. The van der Waals surface area contributed by atoms with Gasteiger partial charge < -0.3 is 25.6 Å². The Morgan fingerprint density at radius 1 is 1.20 bits per heavy atom. The van der Waals surface area contributed by atoms with Gasteiger partial charge in [-0.15, -0.1) is 0 Å². The number of anilines is 2. The minimum Gasteiger partial charge on any atom is -0.486 e. The Morgan fingerprint density at radius 2 is 1.95 bits per heavy atom. The average Bonchev–Trinajstić information content (AvgIpc) is 2.45. The van der Waals surface area contributed by atoms with Gasteiger partial charge in [-0.1, -0.05) is 6.42 Å². The summed E-state index contributed by atoms with van der Waals surface area (Å²) in [5, 5.41) is 13.1. The van der Waals surface area contributed by atoms with Gasteiger partial charge in [-0.3, -0.25) is 0 Å². The Bertz CT molecular complexity index is 478. The summed E-state index contributed by atoms with van der Waals surface area (Å²) >= 11 is 0. The van der Waals surface area contributed by atoms with Crippen LogP contribution in [0.25, 0.3) is 0 Å². The molecule has 20 heavy (non-hydrogen) atoms. The van der Waals surface area contributed by atoms with Crippen LogP contribution < -0.4 is 20.5 Å². The van der Waals surface area contributed by atoms with E-state index < -0.39 is 0 Å². The van der Waals surface area contributed by atoms with E-state index in [1.165, 1.54) is 0 Å². The summed E-state index contributed by atoms with van der Waals surface area (Å²) < 4.78 is 11.1.